The maximum absolute atomic E-state index is 12.0. The zero-order valence-corrected chi connectivity index (χ0v) is 9.61. The second kappa shape index (κ2) is 3.90. The number of esters is 1. The predicted octanol–water partition coefficient (Wildman–Crippen LogP) is 0.973. The van der Waals surface area contributed by atoms with Gasteiger partial charge in [-0.1, -0.05) is 30.4 Å². The Kier molecular flexibility index (Phi) is 2.71. The molecule has 0 N–H and O–H groups in total. The first-order valence-corrected chi connectivity index (χ1v) is 6.49. The van der Waals surface area contributed by atoms with E-state index in [0.717, 1.165) is 0 Å². The topological polar surface area (TPSA) is 60.4 Å². The number of fused-ring (bicyclic) bond motifs is 1. The molecule has 0 aromatic heterocycles. The summed E-state index contributed by atoms with van der Waals surface area (Å²) in [6.45, 7) is 1.10. The molecule has 0 radical (unpaired) electrons. The summed E-state index contributed by atoms with van der Waals surface area (Å²) in [5.74, 6) is -0.599. The molecule has 0 bridgehead atoms. The van der Waals surface area contributed by atoms with Gasteiger partial charge in [-0.15, -0.1) is 0 Å². The van der Waals surface area contributed by atoms with E-state index in [1.54, 1.807) is 18.2 Å². The Labute approximate surface area is 94.2 Å². The van der Waals surface area contributed by atoms with Crippen molar-refractivity contribution in [2.45, 2.75) is 12.2 Å². The van der Waals surface area contributed by atoms with Crippen LogP contribution >= 0.6 is 0 Å². The van der Waals surface area contributed by atoms with Crippen molar-refractivity contribution in [2.24, 2.45) is 5.92 Å². The molecule has 86 valence electrons. The largest absolute Gasteiger partial charge is 0.460 e. The Morgan fingerprint density at radius 3 is 2.69 bits per heavy atom. The third-order valence-corrected chi connectivity index (χ3v) is 4.82. The van der Waals surface area contributed by atoms with E-state index in [1.165, 1.54) is 6.92 Å². The average Bonchev–Trinajstić information content (AvgIpc) is 2.48. The van der Waals surface area contributed by atoms with Gasteiger partial charge in [0.25, 0.3) is 0 Å². The van der Waals surface area contributed by atoms with Crippen LogP contribution in [0.4, 0.5) is 0 Å². The number of carbonyl (C=O) groups is 1. The van der Waals surface area contributed by atoms with E-state index in [0.29, 0.717) is 0 Å². The van der Waals surface area contributed by atoms with Gasteiger partial charge in [-0.3, -0.25) is 4.79 Å². The highest BCUT2D eigenvalue weighted by Gasteiger charge is 2.39. The molecule has 4 nitrogen and oxygen atoms in total. The summed E-state index contributed by atoms with van der Waals surface area (Å²) in [5.41, 5.74) is 0. The number of hydrogen-bond acceptors (Lipinski definition) is 4. The zero-order chi connectivity index (χ0) is 11.8. The molecule has 0 spiro atoms. The molecule has 16 heavy (non-hydrogen) atoms. The predicted molar refractivity (Wildman–Crippen MR) is 59.2 cm³/mol. The van der Waals surface area contributed by atoms with Crippen molar-refractivity contribution < 1.29 is 17.9 Å². The maximum Gasteiger partial charge on any atom is 0.302 e. The lowest BCUT2D eigenvalue weighted by Crippen LogP contribution is -2.23. The number of carbonyl (C=O) groups excluding carboxylic acids is 1. The first kappa shape index (κ1) is 11.1. The third kappa shape index (κ3) is 1.82. The molecular weight excluding hydrogens is 228 g/mol. The Morgan fingerprint density at radius 1 is 1.38 bits per heavy atom. The molecule has 5 heteroatoms. The molecule has 2 aliphatic rings. The highest BCUT2D eigenvalue weighted by molar-refractivity contribution is 7.96. The van der Waals surface area contributed by atoms with Crippen LogP contribution in [0.1, 0.15) is 6.92 Å². The first-order chi connectivity index (χ1) is 7.51. The summed E-state index contributed by atoms with van der Waals surface area (Å²) in [6.07, 6.45) is 8.70. The van der Waals surface area contributed by atoms with Gasteiger partial charge in [0, 0.05) is 12.8 Å². The highest BCUT2D eigenvalue weighted by atomic mass is 32.2. The molecule has 0 aromatic carbocycles. The molecular formula is C11H12O4S. The maximum atomic E-state index is 12.0. The standard InChI is InChI=1S/C11H12O4S/c1-8(12)15-7-10-6-9-4-2-3-5-11(9)16(10,13)14/h2-6,9,11H,7H2,1H3. The lowest BCUT2D eigenvalue weighted by atomic mass is 10.0. The molecule has 2 atom stereocenters. The lowest BCUT2D eigenvalue weighted by molar-refractivity contribution is -0.139. The van der Waals surface area contributed by atoms with Gasteiger partial charge in [0.2, 0.25) is 0 Å². The SMILES string of the molecule is CC(=O)OCC1=CC2C=CC=CC2S1(=O)=O. The summed E-state index contributed by atoms with van der Waals surface area (Å²) in [5, 5.41) is -0.525. The van der Waals surface area contributed by atoms with Crippen LogP contribution < -0.4 is 0 Å². The summed E-state index contributed by atoms with van der Waals surface area (Å²) >= 11 is 0. The van der Waals surface area contributed by atoms with E-state index < -0.39 is 21.1 Å². The fraction of sp³-hybridized carbons (Fsp3) is 0.364. The molecule has 0 fully saturated rings. The first-order valence-electron chi connectivity index (χ1n) is 4.95. The van der Waals surface area contributed by atoms with Crippen molar-refractivity contribution in [3.05, 3.63) is 35.3 Å². The second-order valence-corrected chi connectivity index (χ2v) is 5.93. The fourth-order valence-corrected chi connectivity index (χ4v) is 3.65. The van der Waals surface area contributed by atoms with Crippen LogP contribution in [0.3, 0.4) is 0 Å². The van der Waals surface area contributed by atoms with Crippen molar-refractivity contribution in [1.29, 1.82) is 0 Å². The minimum atomic E-state index is -3.34. The monoisotopic (exact) mass is 240 g/mol. The number of ether oxygens (including phenoxy) is 1. The van der Waals surface area contributed by atoms with Crippen molar-refractivity contribution in [3.63, 3.8) is 0 Å². The molecule has 1 heterocycles. The van der Waals surface area contributed by atoms with E-state index >= 15 is 0 Å². The zero-order valence-electron chi connectivity index (χ0n) is 8.79. The molecule has 1 aliphatic heterocycles. The van der Waals surface area contributed by atoms with Gasteiger partial charge in [-0.25, -0.2) is 8.42 Å². The van der Waals surface area contributed by atoms with Crippen LogP contribution in [0.25, 0.3) is 0 Å². The highest BCUT2D eigenvalue weighted by Crippen LogP contribution is 2.34. The summed E-state index contributed by atoms with van der Waals surface area (Å²) < 4.78 is 28.7. The Hall–Kier alpha value is -1.36. The average molecular weight is 240 g/mol. The van der Waals surface area contributed by atoms with Gasteiger partial charge >= 0.3 is 5.97 Å². The van der Waals surface area contributed by atoms with Crippen molar-refractivity contribution in [3.8, 4) is 0 Å². The van der Waals surface area contributed by atoms with Gasteiger partial charge in [-0.2, -0.15) is 0 Å². The fourth-order valence-electron chi connectivity index (χ4n) is 1.85. The molecule has 0 saturated carbocycles. The van der Waals surface area contributed by atoms with Crippen molar-refractivity contribution >= 4 is 15.8 Å². The van der Waals surface area contributed by atoms with E-state index in [4.69, 9.17) is 4.74 Å². The molecule has 0 aromatic rings. The molecule has 0 saturated heterocycles. The van der Waals surface area contributed by atoms with Crippen molar-refractivity contribution in [2.75, 3.05) is 6.61 Å². The van der Waals surface area contributed by atoms with E-state index in [-0.39, 0.29) is 17.4 Å². The van der Waals surface area contributed by atoms with E-state index in [9.17, 15) is 13.2 Å². The molecule has 2 rings (SSSR count). The number of allylic oxidation sites excluding steroid dienone is 4. The van der Waals surface area contributed by atoms with Crippen LogP contribution in [0.2, 0.25) is 0 Å². The van der Waals surface area contributed by atoms with Gasteiger partial charge in [0.15, 0.2) is 9.84 Å². The summed E-state index contributed by atoms with van der Waals surface area (Å²) in [4.78, 5) is 10.9. The van der Waals surface area contributed by atoms with Gasteiger partial charge in [0.1, 0.15) is 6.61 Å². The normalized spacial score (nSPS) is 29.7. The summed E-state index contributed by atoms with van der Waals surface area (Å²) in [6, 6.07) is 0. The van der Waals surface area contributed by atoms with Gasteiger partial charge in [0.05, 0.1) is 10.2 Å². The van der Waals surface area contributed by atoms with Gasteiger partial charge < -0.3 is 4.74 Å². The Morgan fingerprint density at radius 2 is 2.06 bits per heavy atom. The number of rotatable bonds is 2. The lowest BCUT2D eigenvalue weighted by Gasteiger charge is -2.13. The molecule has 2 unspecified atom stereocenters. The van der Waals surface area contributed by atoms with Crippen LogP contribution in [-0.2, 0) is 19.4 Å². The van der Waals surface area contributed by atoms with Crippen LogP contribution in [-0.4, -0.2) is 26.2 Å². The van der Waals surface area contributed by atoms with Crippen LogP contribution in [0.15, 0.2) is 35.3 Å². The number of hydrogen-bond donors (Lipinski definition) is 0. The number of sulfone groups is 1. The Bertz CT molecular complexity index is 496. The van der Waals surface area contributed by atoms with E-state index in [1.807, 2.05) is 12.2 Å². The van der Waals surface area contributed by atoms with Crippen molar-refractivity contribution in [1.82, 2.24) is 0 Å². The summed E-state index contributed by atoms with van der Waals surface area (Å²) in [7, 11) is -3.34. The van der Waals surface area contributed by atoms with E-state index in [2.05, 4.69) is 0 Å². The second-order valence-electron chi connectivity index (χ2n) is 3.77. The molecule has 0 amide bonds. The van der Waals surface area contributed by atoms with Gasteiger partial charge in [-0.05, 0) is 0 Å². The van der Waals surface area contributed by atoms with Crippen LogP contribution in [0.5, 0.6) is 0 Å². The minimum Gasteiger partial charge on any atom is -0.460 e. The quantitative estimate of drug-likeness (QED) is 0.675. The smallest absolute Gasteiger partial charge is 0.302 e. The Balaban J connectivity index is 2.23. The third-order valence-electron chi connectivity index (χ3n) is 2.64. The van der Waals surface area contributed by atoms with Crippen LogP contribution in [0, 0.1) is 5.92 Å². The molecule has 1 aliphatic carbocycles. The minimum absolute atomic E-state index is 0.124.